The number of methoxy groups -OCH3 is 2. The molecule has 10 nitrogen and oxygen atoms in total. The van der Waals surface area contributed by atoms with Crippen molar-refractivity contribution in [2.75, 3.05) is 33.2 Å². The van der Waals surface area contributed by atoms with Crippen LogP contribution in [0.1, 0.15) is 34.9 Å². The maximum absolute atomic E-state index is 12.9. The Kier molecular flexibility index (Phi) is 9.86. The zero-order valence-corrected chi connectivity index (χ0v) is 28.1. The van der Waals surface area contributed by atoms with Crippen molar-refractivity contribution >= 4 is 28.9 Å². The fourth-order valence-electron chi connectivity index (χ4n) is 5.78. The van der Waals surface area contributed by atoms with Crippen LogP contribution < -0.4 is 20.7 Å². The third-order valence-corrected chi connectivity index (χ3v) is 13.4. The number of H-pyrrole nitrogens is 1. The normalized spacial score (nSPS) is 23.0. The van der Waals surface area contributed by atoms with Crippen molar-refractivity contribution in [3.05, 3.63) is 128 Å². The van der Waals surface area contributed by atoms with E-state index in [2.05, 4.69) is 4.98 Å². The van der Waals surface area contributed by atoms with Crippen molar-refractivity contribution in [2.45, 2.75) is 37.4 Å². The number of ether oxygens (including phenoxy) is 4. The van der Waals surface area contributed by atoms with E-state index in [0.29, 0.717) is 30.1 Å². The molecule has 0 radical (unpaired) electrons. The molecule has 4 aromatic rings. The smallest absolute Gasteiger partial charge is 0.330 e. The topological polar surface area (TPSA) is 110 Å². The summed E-state index contributed by atoms with van der Waals surface area (Å²) in [5, 5.41) is 0. The first-order valence-corrected chi connectivity index (χ1v) is 19.0. The fraction of sp³-hybridized carbons (Fsp3) is 0.333. The Bertz CT molecular complexity index is 1760. The molecule has 46 heavy (non-hydrogen) atoms. The number of hydrogen-bond donors (Lipinski definition) is 1. The lowest BCUT2D eigenvalue weighted by molar-refractivity contribution is -0.0914. The van der Waals surface area contributed by atoms with Crippen molar-refractivity contribution < 1.29 is 28.0 Å². The Labute approximate surface area is 275 Å². The van der Waals surface area contributed by atoms with Crippen molar-refractivity contribution in [3.63, 3.8) is 0 Å². The van der Waals surface area contributed by atoms with Gasteiger partial charge in [0.2, 0.25) is 5.69 Å². The van der Waals surface area contributed by atoms with Gasteiger partial charge in [0.15, 0.2) is 0 Å². The number of aromatic nitrogens is 2. The molecule has 0 aliphatic carbocycles. The van der Waals surface area contributed by atoms with Crippen molar-refractivity contribution in [2.24, 2.45) is 0 Å². The molecule has 1 aromatic heterocycles. The van der Waals surface area contributed by atoms with E-state index in [1.807, 2.05) is 78.9 Å². The zero-order valence-electron chi connectivity index (χ0n) is 25.6. The lowest BCUT2D eigenvalue weighted by atomic mass is 9.80. The molecular weight excluding hydrogens is 647 g/mol. The van der Waals surface area contributed by atoms with E-state index in [9.17, 15) is 9.59 Å². The second kappa shape index (κ2) is 13.9. The third kappa shape index (κ3) is 6.61. The van der Waals surface area contributed by atoms with Crippen molar-refractivity contribution in [3.8, 4) is 11.5 Å². The summed E-state index contributed by atoms with van der Waals surface area (Å²) in [6, 6.07) is 25.5. The first-order chi connectivity index (χ1) is 22.2. The van der Waals surface area contributed by atoms with Crippen molar-refractivity contribution in [1.29, 1.82) is 0 Å². The molecule has 3 heterocycles. The highest BCUT2D eigenvalue weighted by Gasteiger charge is 2.45. The van der Waals surface area contributed by atoms with Crippen LogP contribution in [0.5, 0.6) is 11.5 Å². The molecule has 0 spiro atoms. The van der Waals surface area contributed by atoms with Gasteiger partial charge in [-0.3, -0.25) is 14.3 Å². The summed E-state index contributed by atoms with van der Waals surface area (Å²) in [7, 11) is 3.26. The average molecular weight is 683 g/mol. The van der Waals surface area contributed by atoms with E-state index in [-0.39, 0.29) is 6.61 Å². The second-order valence-electron chi connectivity index (χ2n) is 10.9. The minimum atomic E-state index is -2.62. The molecular formula is C33H35N2O8PS2. The van der Waals surface area contributed by atoms with Gasteiger partial charge in [-0.25, -0.2) is 4.79 Å². The summed E-state index contributed by atoms with van der Waals surface area (Å²) < 4.78 is 38.3. The zero-order chi connectivity index (χ0) is 32.3. The number of aryl methyl sites for hydroxylation is 1. The Morgan fingerprint density at radius 3 is 2.13 bits per heavy atom. The van der Waals surface area contributed by atoms with E-state index in [0.717, 1.165) is 22.4 Å². The van der Waals surface area contributed by atoms with Gasteiger partial charge >= 0.3 is 5.69 Å². The predicted molar refractivity (Wildman–Crippen MR) is 180 cm³/mol. The van der Waals surface area contributed by atoms with Gasteiger partial charge in [0.25, 0.3) is 5.56 Å². The summed E-state index contributed by atoms with van der Waals surface area (Å²) in [6.45, 7) is 2.24. The summed E-state index contributed by atoms with van der Waals surface area (Å²) in [5.74, 6) is 2.18. The van der Waals surface area contributed by atoms with Gasteiger partial charge in [-0.2, -0.15) is 0 Å². The van der Waals surface area contributed by atoms with Gasteiger partial charge in [0.1, 0.15) is 29.4 Å². The van der Waals surface area contributed by atoms with E-state index in [1.165, 1.54) is 22.1 Å². The van der Waals surface area contributed by atoms with Crippen LogP contribution in [-0.2, 0) is 35.9 Å². The molecule has 2 fully saturated rings. The van der Waals surface area contributed by atoms with Crippen molar-refractivity contribution in [1.82, 2.24) is 9.55 Å². The maximum atomic E-state index is 12.9. The Balaban J connectivity index is 1.42. The average Bonchev–Trinajstić information content (AvgIpc) is 3.69. The van der Waals surface area contributed by atoms with Gasteiger partial charge in [-0.05, 0) is 59.7 Å². The van der Waals surface area contributed by atoms with Crippen LogP contribution in [0.25, 0.3) is 0 Å². The summed E-state index contributed by atoms with van der Waals surface area (Å²) in [6.07, 6.45) is -0.0716. The summed E-state index contributed by atoms with van der Waals surface area (Å²) in [5.41, 5.74) is -1.69. The minimum absolute atomic E-state index is 0.0746. The highest BCUT2D eigenvalue weighted by molar-refractivity contribution is 8.68. The molecule has 1 N–H and O–H groups in total. The number of rotatable bonds is 11. The fourth-order valence-corrected chi connectivity index (χ4v) is 10.4. The molecule has 6 rings (SSSR count). The van der Waals surface area contributed by atoms with E-state index in [1.54, 1.807) is 21.1 Å². The molecule has 2 saturated heterocycles. The second-order valence-corrected chi connectivity index (χ2v) is 17.3. The first kappa shape index (κ1) is 32.7. The number of hydrogen-bond acceptors (Lipinski definition) is 10. The molecule has 0 unspecified atom stereocenters. The molecule has 0 saturated carbocycles. The Hall–Kier alpha value is -3.22. The molecule has 2 aliphatic heterocycles. The highest BCUT2D eigenvalue weighted by Crippen LogP contribution is 2.66. The highest BCUT2D eigenvalue weighted by atomic mass is 32.9. The van der Waals surface area contributed by atoms with Gasteiger partial charge in [0.05, 0.1) is 33.5 Å². The van der Waals surface area contributed by atoms with E-state index >= 15 is 0 Å². The number of nitrogens with zero attached hydrogens (tertiary/aromatic N) is 1. The van der Waals surface area contributed by atoms with Gasteiger partial charge < -0.3 is 28.0 Å². The SMILES string of the molecule is COc1ccc(C(OC[C@H]2O[C@@H](n3cc(C)c(=O)[nH]c3=O)C[C@@H]2O[P@@]2(=S)OCCS2)(c2ccccc2)c2ccc(OC)cc2)cc1. The lowest BCUT2D eigenvalue weighted by Gasteiger charge is -2.37. The quantitative estimate of drug-likeness (QED) is 0.160. The molecule has 0 amide bonds. The van der Waals surface area contributed by atoms with E-state index < -0.39 is 41.0 Å². The Morgan fingerprint density at radius 1 is 0.957 bits per heavy atom. The number of benzene rings is 3. The van der Waals surface area contributed by atoms with Crippen LogP contribution in [0, 0.1) is 6.92 Å². The monoisotopic (exact) mass is 682 g/mol. The maximum Gasteiger partial charge on any atom is 0.330 e. The first-order valence-electron chi connectivity index (χ1n) is 14.8. The molecule has 4 atom stereocenters. The van der Waals surface area contributed by atoms with Crippen LogP contribution in [0.2, 0.25) is 0 Å². The summed E-state index contributed by atoms with van der Waals surface area (Å²) >= 11 is 7.31. The largest absolute Gasteiger partial charge is 0.497 e. The number of aromatic amines is 1. The van der Waals surface area contributed by atoms with Gasteiger partial charge in [-0.15, -0.1) is 0 Å². The molecule has 242 valence electrons. The summed E-state index contributed by atoms with van der Waals surface area (Å²) in [4.78, 5) is 27.3. The predicted octanol–water partition coefficient (Wildman–Crippen LogP) is 5.53. The standard InChI is InChI=1S/C33H35N2O8PS2/c1-22-20-35(32(37)34-31(22)36)30-19-28(43-44(45)41-17-18-46-44)29(42-30)21-40-33(23-7-5-4-6-8-23,24-9-13-26(38-2)14-10-24)25-11-15-27(39-3)16-12-25/h4-16,20,28-30H,17-19,21H2,1-3H3,(H,34,36,37)/t28-,29+,30+,44+/m0/s1. The molecule has 13 heteroatoms. The Morgan fingerprint density at radius 2 is 1.57 bits per heavy atom. The number of nitrogens with one attached hydrogen (secondary N) is 1. The van der Waals surface area contributed by atoms with E-state index in [4.69, 9.17) is 39.8 Å². The van der Waals surface area contributed by atoms with Crippen LogP contribution in [0.15, 0.2) is 94.6 Å². The van der Waals surface area contributed by atoms with Crippen LogP contribution >= 0.6 is 17.1 Å². The lowest BCUT2D eigenvalue weighted by Crippen LogP contribution is -2.38. The van der Waals surface area contributed by atoms with Gasteiger partial charge in [-0.1, -0.05) is 66.0 Å². The molecule has 3 aromatic carbocycles. The molecule has 2 aliphatic rings. The van der Waals surface area contributed by atoms with Crippen LogP contribution in [0.4, 0.5) is 0 Å². The minimum Gasteiger partial charge on any atom is -0.497 e. The molecule has 0 bridgehead atoms. The van der Waals surface area contributed by atoms with Crippen LogP contribution in [0.3, 0.4) is 0 Å². The third-order valence-electron chi connectivity index (χ3n) is 8.12. The van der Waals surface area contributed by atoms with Crippen LogP contribution in [-0.4, -0.2) is 54.9 Å². The van der Waals surface area contributed by atoms with Gasteiger partial charge in [0, 0.05) is 23.9 Å².